The molecule has 0 bridgehead atoms. The Morgan fingerprint density at radius 2 is 2.08 bits per heavy atom. The molecule has 2 aliphatic rings. The van der Waals surface area contributed by atoms with Crippen molar-refractivity contribution in [2.45, 2.75) is 44.4 Å². The first-order chi connectivity index (χ1) is 12.3. The first-order valence-electron chi connectivity index (χ1n) is 9.33. The van der Waals surface area contributed by atoms with E-state index in [4.69, 9.17) is 4.74 Å². The van der Waals surface area contributed by atoms with E-state index < -0.39 is 0 Å². The Morgan fingerprint density at radius 3 is 2.80 bits per heavy atom. The van der Waals surface area contributed by atoms with Gasteiger partial charge >= 0.3 is 0 Å². The summed E-state index contributed by atoms with van der Waals surface area (Å²) < 4.78 is 8.08. The standard InChI is InChI=1S/C19H27N5O/c1-23-11-8-20-19(23)18-16(5-4-12-25-18)21-13-15-6-7-17(22-14-15)24-9-2-3-10-24/h6-8,11,14,16,18,21H,2-5,9-10,12-13H2,1H3/t16-,18-/m0/s1. The van der Waals surface area contributed by atoms with Crippen molar-refractivity contribution in [1.82, 2.24) is 19.9 Å². The second kappa shape index (κ2) is 7.54. The van der Waals surface area contributed by atoms with Crippen LogP contribution < -0.4 is 10.2 Å². The number of rotatable bonds is 5. The molecule has 4 rings (SSSR count). The van der Waals surface area contributed by atoms with Crippen molar-refractivity contribution < 1.29 is 4.74 Å². The first kappa shape index (κ1) is 16.5. The second-order valence-corrected chi connectivity index (χ2v) is 7.04. The third-order valence-electron chi connectivity index (χ3n) is 5.24. The average Bonchev–Trinajstić information content (AvgIpc) is 3.32. The van der Waals surface area contributed by atoms with Gasteiger partial charge in [0.1, 0.15) is 17.7 Å². The molecule has 0 spiro atoms. The minimum absolute atomic E-state index is 0.0191. The Kier molecular flexibility index (Phi) is 4.99. The van der Waals surface area contributed by atoms with Crippen LogP contribution in [-0.2, 0) is 18.3 Å². The molecular weight excluding hydrogens is 314 g/mol. The largest absolute Gasteiger partial charge is 0.369 e. The molecule has 2 atom stereocenters. The number of nitrogens with zero attached hydrogens (tertiary/aromatic N) is 4. The van der Waals surface area contributed by atoms with Gasteiger partial charge in [0.05, 0.1) is 0 Å². The van der Waals surface area contributed by atoms with Crippen LogP contribution in [0.2, 0.25) is 0 Å². The van der Waals surface area contributed by atoms with Crippen molar-refractivity contribution in [2.75, 3.05) is 24.6 Å². The number of aryl methyl sites for hydroxylation is 1. The Bertz CT molecular complexity index is 677. The van der Waals surface area contributed by atoms with Gasteiger partial charge in [-0.1, -0.05) is 6.07 Å². The quantitative estimate of drug-likeness (QED) is 0.905. The van der Waals surface area contributed by atoms with Crippen LogP contribution in [0.4, 0.5) is 5.82 Å². The van der Waals surface area contributed by atoms with Crippen molar-refractivity contribution in [3.63, 3.8) is 0 Å². The number of imidazole rings is 1. The topological polar surface area (TPSA) is 55.2 Å². The van der Waals surface area contributed by atoms with Crippen LogP contribution in [0.25, 0.3) is 0 Å². The average molecular weight is 341 g/mol. The van der Waals surface area contributed by atoms with E-state index in [0.29, 0.717) is 0 Å². The molecule has 0 unspecified atom stereocenters. The summed E-state index contributed by atoms with van der Waals surface area (Å²) in [6, 6.07) is 4.62. The molecule has 134 valence electrons. The minimum atomic E-state index is 0.0191. The molecule has 2 aromatic heterocycles. The second-order valence-electron chi connectivity index (χ2n) is 7.04. The maximum Gasteiger partial charge on any atom is 0.139 e. The summed E-state index contributed by atoms with van der Waals surface area (Å²) in [5.74, 6) is 2.10. The maximum atomic E-state index is 6.02. The summed E-state index contributed by atoms with van der Waals surface area (Å²) in [7, 11) is 2.03. The van der Waals surface area contributed by atoms with Gasteiger partial charge in [-0.05, 0) is 37.3 Å². The fourth-order valence-electron chi connectivity index (χ4n) is 3.80. The third kappa shape index (κ3) is 3.70. The van der Waals surface area contributed by atoms with Gasteiger partial charge in [-0.2, -0.15) is 0 Å². The van der Waals surface area contributed by atoms with Crippen LogP contribution in [0, 0.1) is 0 Å². The highest BCUT2D eigenvalue weighted by molar-refractivity contribution is 5.40. The summed E-state index contributed by atoms with van der Waals surface area (Å²) in [6.07, 6.45) is 10.6. The van der Waals surface area contributed by atoms with E-state index in [1.54, 1.807) is 0 Å². The van der Waals surface area contributed by atoms with Crippen LogP contribution in [-0.4, -0.2) is 40.3 Å². The predicted molar refractivity (Wildman–Crippen MR) is 97.4 cm³/mol. The van der Waals surface area contributed by atoms with Gasteiger partial charge in [-0.3, -0.25) is 0 Å². The van der Waals surface area contributed by atoms with Crippen LogP contribution in [0.15, 0.2) is 30.7 Å². The zero-order valence-corrected chi connectivity index (χ0v) is 14.9. The van der Waals surface area contributed by atoms with Gasteiger partial charge in [0, 0.05) is 57.9 Å². The highest BCUT2D eigenvalue weighted by Gasteiger charge is 2.29. The van der Waals surface area contributed by atoms with Crippen molar-refractivity contribution >= 4 is 5.82 Å². The molecular formula is C19H27N5O. The van der Waals surface area contributed by atoms with E-state index in [-0.39, 0.29) is 12.1 Å². The lowest BCUT2D eigenvalue weighted by Gasteiger charge is -2.32. The third-order valence-corrected chi connectivity index (χ3v) is 5.24. The van der Waals surface area contributed by atoms with Gasteiger partial charge in [-0.25, -0.2) is 9.97 Å². The zero-order valence-electron chi connectivity index (χ0n) is 14.9. The summed E-state index contributed by atoms with van der Waals surface area (Å²) in [4.78, 5) is 11.5. The number of ether oxygens (including phenoxy) is 1. The molecule has 0 saturated carbocycles. The SMILES string of the molecule is Cn1ccnc1[C@H]1OCCC[C@@H]1NCc1ccc(N2CCCC2)nc1. The molecule has 2 aliphatic heterocycles. The Morgan fingerprint density at radius 1 is 1.20 bits per heavy atom. The Balaban J connectivity index is 1.38. The van der Waals surface area contributed by atoms with E-state index in [0.717, 1.165) is 50.7 Å². The summed E-state index contributed by atoms with van der Waals surface area (Å²) in [5.41, 5.74) is 1.21. The van der Waals surface area contributed by atoms with Crippen LogP contribution in [0.3, 0.4) is 0 Å². The van der Waals surface area contributed by atoms with Crippen molar-refractivity contribution in [3.05, 3.63) is 42.1 Å². The number of aromatic nitrogens is 3. The minimum Gasteiger partial charge on any atom is -0.369 e. The molecule has 6 nitrogen and oxygen atoms in total. The van der Waals surface area contributed by atoms with Gasteiger partial charge in [0.2, 0.25) is 0 Å². The molecule has 2 saturated heterocycles. The van der Waals surface area contributed by atoms with Crippen molar-refractivity contribution in [1.29, 1.82) is 0 Å². The van der Waals surface area contributed by atoms with E-state index in [1.807, 2.05) is 25.6 Å². The first-order valence-corrected chi connectivity index (χ1v) is 9.33. The lowest BCUT2D eigenvalue weighted by molar-refractivity contribution is -0.0178. The Labute approximate surface area is 149 Å². The molecule has 0 radical (unpaired) electrons. The molecule has 6 heteroatoms. The highest BCUT2D eigenvalue weighted by atomic mass is 16.5. The summed E-state index contributed by atoms with van der Waals surface area (Å²) in [5, 5.41) is 3.66. The molecule has 2 aromatic rings. The smallest absolute Gasteiger partial charge is 0.139 e. The number of anilines is 1. The van der Waals surface area contributed by atoms with Gasteiger partial charge < -0.3 is 19.5 Å². The lowest BCUT2D eigenvalue weighted by Crippen LogP contribution is -2.40. The summed E-state index contributed by atoms with van der Waals surface area (Å²) in [6.45, 7) is 3.88. The summed E-state index contributed by atoms with van der Waals surface area (Å²) >= 11 is 0. The zero-order chi connectivity index (χ0) is 17.1. The number of pyridine rings is 1. The molecule has 25 heavy (non-hydrogen) atoms. The van der Waals surface area contributed by atoms with Crippen molar-refractivity contribution in [2.24, 2.45) is 7.05 Å². The van der Waals surface area contributed by atoms with E-state index in [9.17, 15) is 0 Å². The molecule has 1 N–H and O–H groups in total. The normalized spacial score (nSPS) is 24.0. The van der Waals surface area contributed by atoms with Crippen LogP contribution in [0.1, 0.15) is 43.2 Å². The van der Waals surface area contributed by atoms with Gasteiger partial charge in [0.15, 0.2) is 0 Å². The maximum absolute atomic E-state index is 6.02. The molecule has 0 aliphatic carbocycles. The highest BCUT2D eigenvalue weighted by Crippen LogP contribution is 2.27. The predicted octanol–water partition coefficient (Wildman–Crippen LogP) is 2.43. The monoisotopic (exact) mass is 341 g/mol. The van der Waals surface area contributed by atoms with Crippen molar-refractivity contribution in [3.8, 4) is 0 Å². The number of hydrogen-bond acceptors (Lipinski definition) is 5. The number of nitrogens with one attached hydrogen (secondary N) is 1. The fourth-order valence-corrected chi connectivity index (χ4v) is 3.80. The van der Waals surface area contributed by atoms with Crippen LogP contribution >= 0.6 is 0 Å². The Hall–Kier alpha value is -1.92. The fraction of sp³-hybridized carbons (Fsp3) is 0.579. The molecule has 4 heterocycles. The lowest BCUT2D eigenvalue weighted by atomic mass is 10.0. The number of hydrogen-bond donors (Lipinski definition) is 1. The van der Waals surface area contributed by atoms with Crippen LogP contribution in [0.5, 0.6) is 0 Å². The van der Waals surface area contributed by atoms with E-state index in [1.165, 1.54) is 18.4 Å². The molecule has 2 fully saturated rings. The van der Waals surface area contributed by atoms with E-state index >= 15 is 0 Å². The van der Waals surface area contributed by atoms with E-state index in [2.05, 4.69) is 36.9 Å². The molecule has 0 aromatic carbocycles. The molecule has 0 amide bonds. The van der Waals surface area contributed by atoms with Gasteiger partial charge in [-0.15, -0.1) is 0 Å². The van der Waals surface area contributed by atoms with Gasteiger partial charge in [0.25, 0.3) is 0 Å².